The Labute approximate surface area is 204 Å². The molecule has 1 amide bonds. The molecule has 172 valence electrons. The van der Waals surface area contributed by atoms with Crippen molar-refractivity contribution in [1.82, 2.24) is 4.90 Å². The molecule has 1 aliphatic heterocycles. The second kappa shape index (κ2) is 8.65. The Hall–Kier alpha value is -3.58. The van der Waals surface area contributed by atoms with E-state index in [0.717, 1.165) is 21.0 Å². The van der Waals surface area contributed by atoms with Crippen LogP contribution in [0.15, 0.2) is 91.6 Å². The highest BCUT2D eigenvalue weighted by Crippen LogP contribution is 2.41. The number of furan rings is 2. The smallest absolute Gasteiger partial charge is 0.290 e. The van der Waals surface area contributed by atoms with E-state index in [2.05, 4.69) is 29.8 Å². The number of aliphatic hydroxyl groups is 1. The Bertz CT molecular complexity index is 1410. The van der Waals surface area contributed by atoms with Gasteiger partial charge in [0.2, 0.25) is 5.78 Å². The number of nitrogens with zero attached hydrogens (tertiary/aromatic N) is 1. The number of carbonyl (C=O) groups is 2. The second-order valence-electron chi connectivity index (χ2n) is 8.62. The molecule has 5 rings (SSSR count). The molecule has 0 aliphatic carbocycles. The van der Waals surface area contributed by atoms with E-state index >= 15 is 0 Å². The zero-order chi connectivity index (χ0) is 24.0. The lowest BCUT2D eigenvalue weighted by Crippen LogP contribution is -2.30. The Balaban J connectivity index is 1.59. The molecular weight excluding hydrogens is 498 g/mol. The van der Waals surface area contributed by atoms with Gasteiger partial charge < -0.3 is 18.8 Å². The second-order valence-corrected chi connectivity index (χ2v) is 9.54. The summed E-state index contributed by atoms with van der Waals surface area (Å²) in [6.45, 7) is 4.30. The van der Waals surface area contributed by atoms with Gasteiger partial charge in [0.15, 0.2) is 11.5 Å². The Morgan fingerprint density at radius 1 is 1.12 bits per heavy atom. The van der Waals surface area contributed by atoms with Gasteiger partial charge in [-0.2, -0.15) is 0 Å². The first kappa shape index (κ1) is 22.2. The minimum atomic E-state index is -0.786. The molecule has 1 unspecified atom stereocenters. The number of benzene rings is 2. The number of aliphatic hydroxyl groups excluding tert-OH is 1. The van der Waals surface area contributed by atoms with Crippen molar-refractivity contribution in [2.75, 3.05) is 0 Å². The fraction of sp³-hybridized carbons (Fsp3) is 0.185. The van der Waals surface area contributed by atoms with E-state index in [1.165, 1.54) is 11.2 Å². The molecule has 2 aromatic heterocycles. The van der Waals surface area contributed by atoms with Crippen LogP contribution in [0.5, 0.6) is 0 Å². The number of Topliss-reactive ketones (excluding diaryl/α,β-unsaturated/α-hetero) is 1. The van der Waals surface area contributed by atoms with Crippen molar-refractivity contribution in [2.45, 2.75) is 32.4 Å². The number of amides is 1. The minimum absolute atomic E-state index is 0.00743. The van der Waals surface area contributed by atoms with Crippen LogP contribution in [0.3, 0.4) is 0 Å². The summed E-state index contributed by atoms with van der Waals surface area (Å²) < 4.78 is 12.1. The Morgan fingerprint density at radius 3 is 2.56 bits per heavy atom. The van der Waals surface area contributed by atoms with Gasteiger partial charge in [-0.05, 0) is 53.4 Å². The van der Waals surface area contributed by atoms with Gasteiger partial charge in [-0.1, -0.05) is 54.0 Å². The summed E-state index contributed by atoms with van der Waals surface area (Å²) in [5.41, 5.74) is 2.39. The Morgan fingerprint density at radius 2 is 1.88 bits per heavy atom. The van der Waals surface area contributed by atoms with Crippen LogP contribution in [0.2, 0.25) is 0 Å². The molecule has 1 aliphatic rings. The SMILES string of the molecule is CC(C)c1ccc(C2C(C(=O)c3cc4cc(Br)ccc4o3)=C(O)C(=O)N2Cc2ccco2)cc1. The molecule has 4 aromatic rings. The summed E-state index contributed by atoms with van der Waals surface area (Å²) in [6, 6.07) is 17.5. The van der Waals surface area contributed by atoms with Gasteiger partial charge >= 0.3 is 0 Å². The summed E-state index contributed by atoms with van der Waals surface area (Å²) in [7, 11) is 0. The van der Waals surface area contributed by atoms with Crippen molar-refractivity contribution in [3.63, 3.8) is 0 Å². The fourth-order valence-electron chi connectivity index (χ4n) is 4.29. The highest BCUT2D eigenvalue weighted by molar-refractivity contribution is 9.10. The van der Waals surface area contributed by atoms with E-state index in [1.807, 2.05) is 36.4 Å². The summed E-state index contributed by atoms with van der Waals surface area (Å²) in [6.07, 6.45) is 1.52. The zero-order valence-corrected chi connectivity index (χ0v) is 20.2. The molecule has 7 heteroatoms. The van der Waals surface area contributed by atoms with Crippen LogP contribution in [0.1, 0.15) is 53.2 Å². The lowest BCUT2D eigenvalue weighted by molar-refractivity contribution is -0.130. The van der Waals surface area contributed by atoms with Crippen LogP contribution in [0.25, 0.3) is 11.0 Å². The van der Waals surface area contributed by atoms with Crippen molar-refractivity contribution in [3.8, 4) is 0 Å². The van der Waals surface area contributed by atoms with Crippen LogP contribution >= 0.6 is 15.9 Å². The fourth-order valence-corrected chi connectivity index (χ4v) is 4.67. The topological polar surface area (TPSA) is 83.9 Å². The molecule has 1 N–H and O–H groups in total. The molecule has 2 aromatic carbocycles. The van der Waals surface area contributed by atoms with Gasteiger partial charge in [0, 0.05) is 9.86 Å². The summed E-state index contributed by atoms with van der Waals surface area (Å²) >= 11 is 3.42. The molecule has 0 radical (unpaired) electrons. The normalized spacial score (nSPS) is 16.3. The number of ketones is 1. The summed E-state index contributed by atoms with van der Waals surface area (Å²) in [4.78, 5) is 28.2. The van der Waals surface area contributed by atoms with E-state index in [0.29, 0.717) is 17.3 Å². The maximum atomic E-state index is 13.6. The molecular formula is C27H22BrNO5. The first-order valence-electron chi connectivity index (χ1n) is 10.9. The third kappa shape index (κ3) is 3.86. The molecule has 0 bridgehead atoms. The number of fused-ring (bicyclic) bond motifs is 1. The van der Waals surface area contributed by atoms with Crippen LogP contribution in [-0.2, 0) is 11.3 Å². The highest BCUT2D eigenvalue weighted by atomic mass is 79.9. The Kier molecular flexibility index (Phi) is 5.65. The lowest BCUT2D eigenvalue weighted by Gasteiger charge is -2.26. The zero-order valence-electron chi connectivity index (χ0n) is 18.6. The number of hydrogen-bond acceptors (Lipinski definition) is 5. The van der Waals surface area contributed by atoms with Gasteiger partial charge in [-0.25, -0.2) is 0 Å². The molecule has 0 saturated carbocycles. The van der Waals surface area contributed by atoms with Crippen LogP contribution in [0, 0.1) is 0 Å². The van der Waals surface area contributed by atoms with E-state index in [1.54, 1.807) is 24.3 Å². The largest absolute Gasteiger partial charge is 0.503 e. The number of carbonyl (C=O) groups excluding carboxylic acids is 2. The van der Waals surface area contributed by atoms with Gasteiger partial charge in [-0.3, -0.25) is 9.59 Å². The molecule has 0 spiro atoms. The van der Waals surface area contributed by atoms with Crippen molar-refractivity contribution in [1.29, 1.82) is 0 Å². The minimum Gasteiger partial charge on any atom is -0.503 e. The number of halogens is 1. The summed E-state index contributed by atoms with van der Waals surface area (Å²) in [5.74, 6) is -0.789. The van der Waals surface area contributed by atoms with Crippen LogP contribution < -0.4 is 0 Å². The molecule has 0 fully saturated rings. The van der Waals surface area contributed by atoms with Crippen molar-refractivity contribution >= 4 is 38.6 Å². The molecule has 1 atom stereocenters. The van der Waals surface area contributed by atoms with Gasteiger partial charge in [0.05, 0.1) is 24.4 Å². The van der Waals surface area contributed by atoms with E-state index in [-0.39, 0.29) is 17.9 Å². The van der Waals surface area contributed by atoms with Crippen molar-refractivity contribution in [2.24, 2.45) is 0 Å². The first-order chi connectivity index (χ1) is 16.3. The monoisotopic (exact) mass is 519 g/mol. The maximum Gasteiger partial charge on any atom is 0.290 e. The quantitative estimate of drug-likeness (QED) is 0.287. The van der Waals surface area contributed by atoms with Gasteiger partial charge in [0.25, 0.3) is 5.91 Å². The molecule has 34 heavy (non-hydrogen) atoms. The molecule has 3 heterocycles. The third-order valence-electron chi connectivity index (χ3n) is 6.08. The van der Waals surface area contributed by atoms with Gasteiger partial charge in [-0.15, -0.1) is 0 Å². The average Bonchev–Trinajstić information content (AvgIpc) is 3.54. The van der Waals surface area contributed by atoms with E-state index in [9.17, 15) is 14.7 Å². The van der Waals surface area contributed by atoms with Crippen molar-refractivity contribution in [3.05, 3.63) is 105 Å². The predicted molar refractivity (Wildman–Crippen MR) is 130 cm³/mol. The highest BCUT2D eigenvalue weighted by Gasteiger charge is 2.44. The standard InChI is InChI=1S/C27H22BrNO5/c1-15(2)16-5-7-17(8-6-16)24-23(26(31)27(32)29(24)14-20-4-3-11-33-20)25(30)22-13-18-12-19(28)9-10-21(18)34-22/h3-13,15,24,31H,14H2,1-2H3. The number of rotatable bonds is 6. The predicted octanol–water partition coefficient (Wildman–Crippen LogP) is 6.69. The lowest BCUT2D eigenvalue weighted by atomic mass is 9.93. The molecule has 6 nitrogen and oxygen atoms in total. The average molecular weight is 520 g/mol. The third-order valence-corrected chi connectivity index (χ3v) is 6.57. The number of hydrogen-bond donors (Lipinski definition) is 1. The van der Waals surface area contributed by atoms with Crippen molar-refractivity contribution < 1.29 is 23.5 Å². The van der Waals surface area contributed by atoms with Crippen LogP contribution in [0.4, 0.5) is 0 Å². The summed E-state index contributed by atoms with van der Waals surface area (Å²) in [5, 5.41) is 11.6. The maximum absolute atomic E-state index is 13.6. The van der Waals surface area contributed by atoms with E-state index in [4.69, 9.17) is 8.83 Å². The van der Waals surface area contributed by atoms with Gasteiger partial charge in [0.1, 0.15) is 11.3 Å². The van der Waals surface area contributed by atoms with E-state index < -0.39 is 23.5 Å². The molecule has 0 saturated heterocycles. The first-order valence-corrected chi connectivity index (χ1v) is 11.7. The van der Waals surface area contributed by atoms with Crippen LogP contribution in [-0.4, -0.2) is 21.7 Å².